The van der Waals surface area contributed by atoms with Crippen LogP contribution in [-0.4, -0.2) is 29.4 Å². The summed E-state index contributed by atoms with van der Waals surface area (Å²) in [6.07, 6.45) is 0. The topological polar surface area (TPSA) is 53.7 Å². The first kappa shape index (κ1) is 20.8. The SMILES string of the molecule is CCNC(=NCc1nc(C)c(C)o1)N(C)Cc1cccc(Cl)c1.I. The zero-order valence-corrected chi connectivity index (χ0v) is 17.6. The number of oxazole rings is 1. The Kier molecular flexibility index (Phi) is 8.55. The maximum Gasteiger partial charge on any atom is 0.216 e. The van der Waals surface area contributed by atoms with E-state index in [0.717, 1.165) is 41.1 Å². The Balaban J connectivity index is 0.00000288. The van der Waals surface area contributed by atoms with Gasteiger partial charge in [0.2, 0.25) is 5.89 Å². The molecule has 0 saturated heterocycles. The molecule has 0 radical (unpaired) electrons. The van der Waals surface area contributed by atoms with Crippen molar-refractivity contribution in [2.45, 2.75) is 33.9 Å². The van der Waals surface area contributed by atoms with Crippen LogP contribution < -0.4 is 5.32 Å². The van der Waals surface area contributed by atoms with Crippen molar-refractivity contribution in [2.24, 2.45) is 4.99 Å². The van der Waals surface area contributed by atoms with Crippen LogP contribution >= 0.6 is 35.6 Å². The molecule has 1 aromatic carbocycles. The molecule has 1 aromatic heterocycles. The first-order valence-corrected chi connectivity index (χ1v) is 8.04. The molecule has 0 spiro atoms. The van der Waals surface area contributed by atoms with E-state index in [1.165, 1.54) is 0 Å². The number of aliphatic imine (C=N–C) groups is 1. The summed E-state index contributed by atoms with van der Waals surface area (Å²) in [6, 6.07) is 7.83. The van der Waals surface area contributed by atoms with Gasteiger partial charge in [-0.25, -0.2) is 9.98 Å². The monoisotopic (exact) mass is 462 g/mol. The molecule has 132 valence electrons. The highest BCUT2D eigenvalue weighted by atomic mass is 127. The third-order valence-corrected chi connectivity index (χ3v) is 3.68. The van der Waals surface area contributed by atoms with Crippen molar-refractivity contribution < 1.29 is 4.42 Å². The molecule has 5 nitrogen and oxygen atoms in total. The lowest BCUT2D eigenvalue weighted by atomic mass is 10.2. The number of nitrogens with zero attached hydrogens (tertiary/aromatic N) is 3. The molecule has 7 heteroatoms. The molecule has 0 unspecified atom stereocenters. The van der Waals surface area contributed by atoms with E-state index in [4.69, 9.17) is 16.0 Å². The van der Waals surface area contributed by atoms with Crippen LogP contribution in [0.1, 0.15) is 29.8 Å². The number of benzene rings is 1. The molecule has 0 amide bonds. The van der Waals surface area contributed by atoms with Gasteiger partial charge in [-0.3, -0.25) is 0 Å². The van der Waals surface area contributed by atoms with Crippen LogP contribution in [0.4, 0.5) is 0 Å². The lowest BCUT2D eigenvalue weighted by molar-refractivity contribution is 0.458. The van der Waals surface area contributed by atoms with E-state index in [-0.39, 0.29) is 24.0 Å². The smallest absolute Gasteiger partial charge is 0.216 e. The summed E-state index contributed by atoms with van der Waals surface area (Å²) in [5.41, 5.74) is 2.04. The van der Waals surface area contributed by atoms with E-state index in [2.05, 4.69) is 20.2 Å². The van der Waals surface area contributed by atoms with Crippen LogP contribution in [0, 0.1) is 13.8 Å². The van der Waals surface area contributed by atoms with Crippen molar-refractivity contribution in [1.82, 2.24) is 15.2 Å². The van der Waals surface area contributed by atoms with E-state index in [9.17, 15) is 0 Å². The van der Waals surface area contributed by atoms with E-state index in [1.54, 1.807) is 0 Å². The molecule has 1 N–H and O–H groups in total. The maximum absolute atomic E-state index is 6.04. The second kappa shape index (κ2) is 9.88. The first-order valence-electron chi connectivity index (χ1n) is 7.66. The molecule has 0 aliphatic carbocycles. The number of aryl methyl sites for hydroxylation is 2. The van der Waals surface area contributed by atoms with Crippen molar-refractivity contribution in [1.29, 1.82) is 0 Å². The van der Waals surface area contributed by atoms with Crippen molar-refractivity contribution in [3.63, 3.8) is 0 Å². The Hall–Kier alpha value is -1.28. The zero-order valence-electron chi connectivity index (χ0n) is 14.5. The molecule has 1 heterocycles. The van der Waals surface area contributed by atoms with Gasteiger partial charge in [-0.05, 0) is 38.5 Å². The van der Waals surface area contributed by atoms with E-state index < -0.39 is 0 Å². The second-order valence-electron chi connectivity index (χ2n) is 5.41. The van der Waals surface area contributed by atoms with Crippen LogP contribution in [0.3, 0.4) is 0 Å². The number of nitrogens with one attached hydrogen (secondary N) is 1. The Morgan fingerprint density at radius 1 is 1.38 bits per heavy atom. The van der Waals surface area contributed by atoms with E-state index in [0.29, 0.717) is 12.4 Å². The third-order valence-electron chi connectivity index (χ3n) is 3.44. The van der Waals surface area contributed by atoms with Crippen LogP contribution in [-0.2, 0) is 13.1 Å². The number of hydrogen-bond donors (Lipinski definition) is 1. The predicted octanol–water partition coefficient (Wildman–Crippen LogP) is 4.16. The quantitative estimate of drug-likeness (QED) is 0.412. The fourth-order valence-corrected chi connectivity index (χ4v) is 2.42. The minimum absolute atomic E-state index is 0. The molecule has 0 aliphatic rings. The van der Waals surface area contributed by atoms with Gasteiger partial charge in [-0.2, -0.15) is 0 Å². The third kappa shape index (κ3) is 5.98. The molecule has 0 fully saturated rings. The van der Waals surface area contributed by atoms with Crippen molar-refractivity contribution in [3.8, 4) is 0 Å². The Morgan fingerprint density at radius 2 is 2.12 bits per heavy atom. The predicted molar refractivity (Wildman–Crippen MR) is 109 cm³/mol. The zero-order chi connectivity index (χ0) is 16.8. The van der Waals surface area contributed by atoms with Crippen LogP contribution in [0.2, 0.25) is 5.02 Å². The Labute approximate surface area is 165 Å². The van der Waals surface area contributed by atoms with Crippen LogP contribution in [0.5, 0.6) is 0 Å². The average Bonchev–Trinajstić information content (AvgIpc) is 2.82. The highest BCUT2D eigenvalue weighted by Crippen LogP contribution is 2.13. The minimum atomic E-state index is 0. The van der Waals surface area contributed by atoms with Crippen molar-refractivity contribution >= 4 is 41.5 Å². The van der Waals surface area contributed by atoms with Gasteiger partial charge >= 0.3 is 0 Å². The average molecular weight is 463 g/mol. The molecular weight excluding hydrogens is 439 g/mol. The molecule has 0 saturated carbocycles. The highest BCUT2D eigenvalue weighted by Gasteiger charge is 2.09. The second-order valence-corrected chi connectivity index (χ2v) is 5.84. The molecule has 2 aromatic rings. The van der Waals surface area contributed by atoms with Crippen LogP contribution in [0.25, 0.3) is 0 Å². The molecule has 0 aliphatic heterocycles. The van der Waals surface area contributed by atoms with Gasteiger partial charge in [0, 0.05) is 25.2 Å². The van der Waals surface area contributed by atoms with Gasteiger partial charge in [0.05, 0.1) is 5.69 Å². The summed E-state index contributed by atoms with van der Waals surface area (Å²) in [5.74, 6) is 2.28. The molecule has 2 rings (SSSR count). The Morgan fingerprint density at radius 3 is 2.71 bits per heavy atom. The number of rotatable bonds is 5. The van der Waals surface area contributed by atoms with Gasteiger partial charge in [0.1, 0.15) is 12.3 Å². The fraction of sp³-hybridized carbons (Fsp3) is 0.412. The minimum Gasteiger partial charge on any atom is -0.444 e. The number of hydrogen-bond acceptors (Lipinski definition) is 3. The first-order chi connectivity index (χ1) is 11.0. The van der Waals surface area contributed by atoms with Gasteiger partial charge < -0.3 is 14.6 Å². The summed E-state index contributed by atoms with van der Waals surface area (Å²) >= 11 is 6.04. The largest absolute Gasteiger partial charge is 0.444 e. The van der Waals surface area contributed by atoms with Gasteiger partial charge in [-0.15, -0.1) is 24.0 Å². The van der Waals surface area contributed by atoms with E-state index in [1.807, 2.05) is 52.1 Å². The summed E-state index contributed by atoms with van der Waals surface area (Å²) in [4.78, 5) is 11.0. The molecular formula is C17H24ClIN4O. The highest BCUT2D eigenvalue weighted by molar-refractivity contribution is 14.0. The van der Waals surface area contributed by atoms with Crippen LogP contribution in [0.15, 0.2) is 33.7 Å². The molecule has 0 atom stereocenters. The molecule has 24 heavy (non-hydrogen) atoms. The van der Waals surface area contributed by atoms with Crippen molar-refractivity contribution in [2.75, 3.05) is 13.6 Å². The lowest BCUT2D eigenvalue weighted by Gasteiger charge is -2.22. The number of aromatic nitrogens is 1. The summed E-state index contributed by atoms with van der Waals surface area (Å²) in [7, 11) is 1.99. The van der Waals surface area contributed by atoms with Crippen molar-refractivity contribution in [3.05, 3.63) is 52.2 Å². The van der Waals surface area contributed by atoms with Gasteiger partial charge in [-0.1, -0.05) is 23.7 Å². The number of guanidine groups is 1. The number of halogens is 2. The summed E-state index contributed by atoms with van der Waals surface area (Å²) in [6.45, 7) is 7.81. The summed E-state index contributed by atoms with van der Waals surface area (Å²) < 4.78 is 5.57. The standard InChI is InChI=1S/C17H23ClN4O.HI/c1-5-19-17(20-10-16-21-12(2)13(3)23-16)22(4)11-14-7-6-8-15(18)9-14;/h6-9H,5,10-11H2,1-4H3,(H,19,20);1H. The van der Waals surface area contributed by atoms with Gasteiger partial charge in [0.25, 0.3) is 0 Å². The Bertz CT molecular complexity index is 667. The van der Waals surface area contributed by atoms with E-state index >= 15 is 0 Å². The summed E-state index contributed by atoms with van der Waals surface area (Å²) in [5, 5.41) is 4.02. The normalized spacial score (nSPS) is 11.1. The maximum atomic E-state index is 6.04. The fourth-order valence-electron chi connectivity index (χ4n) is 2.20. The lowest BCUT2D eigenvalue weighted by Crippen LogP contribution is -2.38. The van der Waals surface area contributed by atoms with Gasteiger partial charge in [0.15, 0.2) is 5.96 Å². The molecule has 0 bridgehead atoms.